The van der Waals surface area contributed by atoms with Crippen molar-refractivity contribution in [2.45, 2.75) is 20.3 Å². The minimum atomic E-state index is -0.419. The molecule has 0 aliphatic heterocycles. The van der Waals surface area contributed by atoms with E-state index < -0.39 is 5.97 Å². The molecule has 0 saturated carbocycles. The maximum Gasteiger partial charge on any atom is 0.311 e. The third-order valence-corrected chi connectivity index (χ3v) is 2.85. The number of esters is 1. The van der Waals surface area contributed by atoms with Gasteiger partial charge in [-0.25, -0.2) is 4.98 Å². The first kappa shape index (κ1) is 16.5. The Balaban J connectivity index is 2.11. The second-order valence-corrected chi connectivity index (χ2v) is 4.65. The zero-order chi connectivity index (χ0) is 16.7. The van der Waals surface area contributed by atoms with E-state index in [4.69, 9.17) is 9.47 Å². The van der Waals surface area contributed by atoms with E-state index in [0.717, 1.165) is 11.4 Å². The Morgan fingerprint density at radius 2 is 1.96 bits per heavy atom. The van der Waals surface area contributed by atoms with Gasteiger partial charge < -0.3 is 14.8 Å². The molecule has 0 bridgehead atoms. The number of benzene rings is 1. The summed E-state index contributed by atoms with van der Waals surface area (Å²) in [7, 11) is 0. The third-order valence-electron chi connectivity index (χ3n) is 2.85. The van der Waals surface area contributed by atoms with Crippen LogP contribution in [0, 0.1) is 0 Å². The summed E-state index contributed by atoms with van der Waals surface area (Å²) < 4.78 is 10.2. The van der Waals surface area contributed by atoms with Gasteiger partial charge in [-0.1, -0.05) is 0 Å². The van der Waals surface area contributed by atoms with Crippen LogP contribution in [0.15, 0.2) is 35.1 Å². The van der Waals surface area contributed by atoms with Crippen LogP contribution in [-0.2, 0) is 16.0 Å². The summed E-state index contributed by atoms with van der Waals surface area (Å²) in [6.45, 7) is 4.52. The van der Waals surface area contributed by atoms with Crippen LogP contribution in [-0.4, -0.2) is 29.2 Å². The standard InChI is InChI=1S/C16H19N3O4/c1-3-22-13-7-5-11(6-8-13)17-16-18-12(9-14(20)19-16)10-15(21)23-4-2/h5-9H,3-4,10H2,1-2H3,(H2,17,18,19,20). The highest BCUT2D eigenvalue weighted by Crippen LogP contribution is 2.17. The van der Waals surface area contributed by atoms with Crippen LogP contribution >= 0.6 is 0 Å². The number of hydrogen-bond acceptors (Lipinski definition) is 6. The summed E-state index contributed by atoms with van der Waals surface area (Å²) >= 11 is 0. The zero-order valence-corrected chi connectivity index (χ0v) is 13.1. The van der Waals surface area contributed by atoms with Gasteiger partial charge in [0.2, 0.25) is 5.95 Å². The van der Waals surface area contributed by atoms with Gasteiger partial charge in [-0.3, -0.25) is 14.6 Å². The first-order chi connectivity index (χ1) is 11.1. The van der Waals surface area contributed by atoms with Crippen LogP contribution in [0.1, 0.15) is 19.5 Å². The van der Waals surface area contributed by atoms with Crippen molar-refractivity contribution in [3.8, 4) is 5.75 Å². The number of nitrogens with one attached hydrogen (secondary N) is 2. The zero-order valence-electron chi connectivity index (χ0n) is 13.1. The summed E-state index contributed by atoms with van der Waals surface area (Å²) in [5, 5.41) is 2.99. The quantitative estimate of drug-likeness (QED) is 0.759. The predicted octanol–water partition coefficient (Wildman–Crippen LogP) is 2.02. The van der Waals surface area contributed by atoms with Gasteiger partial charge in [0, 0.05) is 11.8 Å². The van der Waals surface area contributed by atoms with Gasteiger partial charge in [0.05, 0.1) is 25.3 Å². The van der Waals surface area contributed by atoms with Gasteiger partial charge in [0.1, 0.15) is 5.75 Å². The molecule has 0 fully saturated rings. The van der Waals surface area contributed by atoms with Gasteiger partial charge in [-0.15, -0.1) is 0 Å². The number of aromatic amines is 1. The van der Waals surface area contributed by atoms with E-state index in [-0.39, 0.29) is 17.9 Å². The average Bonchev–Trinajstić information content (AvgIpc) is 2.49. The van der Waals surface area contributed by atoms with Crippen molar-refractivity contribution in [2.24, 2.45) is 0 Å². The lowest BCUT2D eigenvalue weighted by Crippen LogP contribution is -2.15. The molecule has 1 heterocycles. The Bertz CT molecular complexity index is 710. The molecule has 7 heteroatoms. The minimum absolute atomic E-state index is 0.0459. The van der Waals surface area contributed by atoms with Gasteiger partial charge in [0.25, 0.3) is 5.56 Å². The lowest BCUT2D eigenvalue weighted by Gasteiger charge is -2.08. The summed E-state index contributed by atoms with van der Waals surface area (Å²) in [5.41, 5.74) is 0.748. The Morgan fingerprint density at radius 3 is 2.61 bits per heavy atom. The van der Waals surface area contributed by atoms with E-state index in [1.807, 2.05) is 31.2 Å². The number of hydrogen-bond donors (Lipinski definition) is 2. The Kier molecular flexibility index (Phi) is 5.74. The molecule has 2 rings (SSSR count). The van der Waals surface area contributed by atoms with E-state index in [9.17, 15) is 9.59 Å². The average molecular weight is 317 g/mol. The maximum absolute atomic E-state index is 11.7. The number of ether oxygens (including phenoxy) is 2. The van der Waals surface area contributed by atoms with Crippen molar-refractivity contribution in [1.29, 1.82) is 0 Å². The molecule has 122 valence electrons. The van der Waals surface area contributed by atoms with Gasteiger partial charge in [-0.05, 0) is 38.1 Å². The molecule has 0 aliphatic carbocycles. The van der Waals surface area contributed by atoms with Crippen molar-refractivity contribution in [3.05, 3.63) is 46.4 Å². The second-order valence-electron chi connectivity index (χ2n) is 4.65. The van der Waals surface area contributed by atoms with Gasteiger partial charge in [-0.2, -0.15) is 0 Å². The molecule has 0 spiro atoms. The van der Waals surface area contributed by atoms with Crippen LogP contribution in [0.3, 0.4) is 0 Å². The van der Waals surface area contributed by atoms with Crippen molar-refractivity contribution >= 4 is 17.6 Å². The minimum Gasteiger partial charge on any atom is -0.494 e. The number of H-pyrrole nitrogens is 1. The number of carbonyl (C=O) groups is 1. The van der Waals surface area contributed by atoms with Crippen molar-refractivity contribution in [2.75, 3.05) is 18.5 Å². The Morgan fingerprint density at radius 1 is 1.22 bits per heavy atom. The molecule has 0 atom stereocenters. The smallest absolute Gasteiger partial charge is 0.311 e. The van der Waals surface area contributed by atoms with Gasteiger partial charge in [0.15, 0.2) is 0 Å². The highest BCUT2D eigenvalue weighted by molar-refractivity contribution is 5.72. The van der Waals surface area contributed by atoms with Crippen LogP contribution in [0.25, 0.3) is 0 Å². The van der Waals surface area contributed by atoms with E-state index >= 15 is 0 Å². The fourth-order valence-corrected chi connectivity index (χ4v) is 1.96. The molecule has 1 aromatic heterocycles. The molecule has 0 radical (unpaired) electrons. The third kappa shape index (κ3) is 5.14. The molecule has 1 aromatic carbocycles. The van der Waals surface area contributed by atoms with Crippen molar-refractivity contribution < 1.29 is 14.3 Å². The molecule has 2 N–H and O–H groups in total. The van der Waals surface area contributed by atoms with Crippen LogP contribution < -0.4 is 15.6 Å². The van der Waals surface area contributed by atoms with E-state index in [1.165, 1.54) is 6.07 Å². The molecule has 2 aromatic rings. The highest BCUT2D eigenvalue weighted by Gasteiger charge is 2.08. The SMILES string of the molecule is CCOC(=O)Cc1cc(=O)[nH]c(Nc2ccc(OCC)cc2)n1. The van der Waals surface area contributed by atoms with Crippen LogP contribution in [0.5, 0.6) is 5.75 Å². The Labute approximate surface area is 133 Å². The molecule has 0 amide bonds. The fraction of sp³-hybridized carbons (Fsp3) is 0.312. The van der Waals surface area contributed by atoms with Crippen LogP contribution in [0.4, 0.5) is 11.6 Å². The maximum atomic E-state index is 11.7. The predicted molar refractivity (Wildman–Crippen MR) is 86.1 cm³/mol. The number of rotatable bonds is 7. The van der Waals surface area contributed by atoms with Crippen molar-refractivity contribution in [1.82, 2.24) is 9.97 Å². The first-order valence-corrected chi connectivity index (χ1v) is 7.36. The molecular formula is C16H19N3O4. The molecule has 0 unspecified atom stereocenters. The Hall–Kier alpha value is -2.83. The van der Waals surface area contributed by atoms with E-state index in [0.29, 0.717) is 18.9 Å². The fourth-order valence-electron chi connectivity index (χ4n) is 1.96. The number of nitrogens with zero attached hydrogens (tertiary/aromatic N) is 1. The molecule has 0 saturated heterocycles. The summed E-state index contributed by atoms with van der Waals surface area (Å²) in [6.07, 6.45) is -0.0459. The number of anilines is 2. The lowest BCUT2D eigenvalue weighted by molar-refractivity contribution is -0.142. The summed E-state index contributed by atoms with van der Waals surface area (Å²) in [5.74, 6) is 0.606. The molecular weight excluding hydrogens is 298 g/mol. The molecule has 0 aliphatic rings. The monoisotopic (exact) mass is 317 g/mol. The van der Waals surface area contributed by atoms with Crippen molar-refractivity contribution in [3.63, 3.8) is 0 Å². The summed E-state index contributed by atoms with van der Waals surface area (Å²) in [6, 6.07) is 8.52. The largest absolute Gasteiger partial charge is 0.494 e. The van der Waals surface area contributed by atoms with E-state index in [1.54, 1.807) is 6.92 Å². The normalized spacial score (nSPS) is 10.2. The van der Waals surface area contributed by atoms with Crippen LogP contribution in [0.2, 0.25) is 0 Å². The number of aromatic nitrogens is 2. The topological polar surface area (TPSA) is 93.3 Å². The summed E-state index contributed by atoms with van der Waals surface area (Å²) in [4.78, 5) is 29.9. The molecule has 23 heavy (non-hydrogen) atoms. The number of carbonyl (C=O) groups excluding carboxylic acids is 1. The second kappa shape index (κ2) is 7.98. The molecule has 7 nitrogen and oxygen atoms in total. The highest BCUT2D eigenvalue weighted by atomic mass is 16.5. The van der Waals surface area contributed by atoms with Gasteiger partial charge >= 0.3 is 5.97 Å². The van der Waals surface area contributed by atoms with E-state index in [2.05, 4.69) is 15.3 Å². The first-order valence-electron chi connectivity index (χ1n) is 7.36. The lowest BCUT2D eigenvalue weighted by atomic mass is 10.3.